The molecule has 4 fully saturated rings. The van der Waals surface area contributed by atoms with E-state index in [1.165, 1.54) is 37.5 Å². The van der Waals surface area contributed by atoms with Gasteiger partial charge in [0.15, 0.2) is 0 Å². The highest BCUT2D eigenvalue weighted by Gasteiger charge is 2.61. The number of hydrogen-bond acceptors (Lipinski definition) is 4. The van der Waals surface area contributed by atoms with Gasteiger partial charge in [0, 0.05) is 12.8 Å². The van der Waals surface area contributed by atoms with Crippen molar-refractivity contribution in [3.05, 3.63) is 11.8 Å². The molecule has 0 bridgehead atoms. The number of carbonyl (C=O) groups is 1. The quantitative estimate of drug-likeness (QED) is 0.465. The van der Waals surface area contributed by atoms with Gasteiger partial charge in [0.2, 0.25) is 0 Å². The minimum atomic E-state index is -1.05. The van der Waals surface area contributed by atoms with Gasteiger partial charge >= 0.3 is 0 Å². The van der Waals surface area contributed by atoms with Crippen molar-refractivity contribution in [2.45, 2.75) is 111 Å². The predicted molar refractivity (Wildman–Crippen MR) is 127 cm³/mol. The lowest BCUT2D eigenvalue weighted by molar-refractivity contribution is -0.134. The van der Waals surface area contributed by atoms with Gasteiger partial charge in [0.1, 0.15) is 5.78 Å². The fourth-order valence-corrected chi connectivity index (χ4v) is 8.92. The van der Waals surface area contributed by atoms with Gasteiger partial charge in [-0.15, -0.1) is 0 Å². The molecule has 4 aliphatic rings. The zero-order chi connectivity index (χ0) is 23.5. The molecule has 0 aromatic heterocycles. The number of ketones is 1. The maximum absolute atomic E-state index is 12.2. The Balaban J connectivity index is 1.54. The third-order valence-corrected chi connectivity index (χ3v) is 11.0. The van der Waals surface area contributed by atoms with Crippen LogP contribution in [0.15, 0.2) is 11.8 Å². The van der Waals surface area contributed by atoms with E-state index in [0.717, 1.165) is 25.7 Å². The summed E-state index contributed by atoms with van der Waals surface area (Å²) in [7, 11) is 0. The first-order chi connectivity index (χ1) is 14.9. The number of aliphatic hydroxyl groups excluding tert-OH is 2. The van der Waals surface area contributed by atoms with Crippen molar-refractivity contribution in [1.29, 1.82) is 0 Å². The van der Waals surface area contributed by atoms with E-state index >= 15 is 0 Å². The Hall–Kier alpha value is -0.870. The summed E-state index contributed by atoms with van der Waals surface area (Å²) in [4.78, 5) is 12.2. The average Bonchev–Trinajstić information content (AvgIpc) is 3.08. The van der Waals surface area contributed by atoms with Crippen molar-refractivity contribution in [3.63, 3.8) is 0 Å². The summed E-state index contributed by atoms with van der Waals surface area (Å²) in [6, 6.07) is 0. The molecule has 0 aromatic carbocycles. The molecular weight excluding hydrogens is 400 g/mol. The summed E-state index contributed by atoms with van der Waals surface area (Å²) < 4.78 is 0. The highest BCUT2D eigenvalue weighted by Crippen LogP contribution is 2.69. The predicted octanol–water partition coefficient (Wildman–Crippen LogP) is 5.81. The van der Waals surface area contributed by atoms with E-state index in [4.69, 9.17) is 0 Å². The molecule has 0 aliphatic heterocycles. The molecule has 4 nitrogen and oxygen atoms in total. The minimum absolute atomic E-state index is 0.229. The molecule has 8 unspecified atom stereocenters. The minimum Gasteiger partial charge on any atom is -0.516 e. The number of carbonyl (C=O) groups excluding carboxylic acids is 1. The van der Waals surface area contributed by atoms with Gasteiger partial charge in [-0.3, -0.25) is 4.79 Å². The lowest BCUT2D eigenvalue weighted by Gasteiger charge is -2.61. The fourth-order valence-electron chi connectivity index (χ4n) is 8.92. The molecule has 0 amide bonds. The molecule has 0 spiro atoms. The standard InChI is InChI=1S/C28H46O4/c1-17(6-9-24(31)26(2,3)32)21-7-8-22-25-18(16-29)14-19-15-20(30)10-12-27(19,4)23(25)11-13-28(21,22)5/h16-17,19,21-25,29,31-32H,6-15H2,1-5H3/t17?,19?,21?,22?,23-,24?,25?,27?,28?/m0/s1. The lowest BCUT2D eigenvalue weighted by atomic mass is 9.43. The van der Waals surface area contributed by atoms with Crippen molar-refractivity contribution in [1.82, 2.24) is 0 Å². The third-order valence-electron chi connectivity index (χ3n) is 11.0. The van der Waals surface area contributed by atoms with E-state index in [0.29, 0.717) is 54.1 Å². The second kappa shape index (κ2) is 8.41. The van der Waals surface area contributed by atoms with Crippen LogP contribution in [0, 0.1) is 46.3 Å². The van der Waals surface area contributed by atoms with E-state index in [1.807, 2.05) is 0 Å². The summed E-state index contributed by atoms with van der Waals surface area (Å²) in [6.45, 7) is 10.7. The highest BCUT2D eigenvalue weighted by atomic mass is 16.3. The van der Waals surface area contributed by atoms with Gasteiger partial charge in [0.25, 0.3) is 0 Å². The number of rotatable bonds is 5. The van der Waals surface area contributed by atoms with Gasteiger partial charge in [-0.1, -0.05) is 20.8 Å². The summed E-state index contributed by atoms with van der Waals surface area (Å²) in [5.41, 5.74) is 0.666. The van der Waals surface area contributed by atoms with Crippen LogP contribution in [0.2, 0.25) is 0 Å². The van der Waals surface area contributed by atoms with Crippen LogP contribution < -0.4 is 0 Å². The lowest BCUT2D eigenvalue weighted by Crippen LogP contribution is -2.54. The molecule has 182 valence electrons. The molecule has 4 heteroatoms. The Bertz CT molecular complexity index is 751. The summed E-state index contributed by atoms with van der Waals surface area (Å²) in [5.74, 6) is 3.57. The van der Waals surface area contributed by atoms with E-state index in [1.54, 1.807) is 13.8 Å². The monoisotopic (exact) mass is 446 g/mol. The van der Waals surface area contributed by atoms with Gasteiger partial charge in [-0.05, 0) is 117 Å². The SMILES string of the molecule is CC(CCC(O)C(C)(C)O)C1CCC2C3C(=CO)CC4CC(=O)CCC4(C)[C@H]3CCC12C. The molecule has 4 aliphatic carbocycles. The Morgan fingerprint density at radius 1 is 1.06 bits per heavy atom. The molecule has 9 atom stereocenters. The van der Waals surface area contributed by atoms with Gasteiger partial charge in [-0.2, -0.15) is 0 Å². The Labute approximate surface area is 194 Å². The number of Topliss-reactive ketones (excluding diaryl/α,β-unsaturated/α-hetero) is 1. The number of aliphatic hydroxyl groups is 3. The van der Waals surface area contributed by atoms with Crippen LogP contribution in [-0.4, -0.2) is 32.8 Å². The van der Waals surface area contributed by atoms with Crippen LogP contribution in [0.5, 0.6) is 0 Å². The second-order valence-electron chi connectivity index (χ2n) is 13.0. The summed E-state index contributed by atoms with van der Waals surface area (Å²) >= 11 is 0. The Kier molecular flexibility index (Phi) is 6.38. The van der Waals surface area contributed by atoms with E-state index < -0.39 is 11.7 Å². The average molecular weight is 447 g/mol. The van der Waals surface area contributed by atoms with Crippen molar-refractivity contribution < 1.29 is 20.1 Å². The second-order valence-corrected chi connectivity index (χ2v) is 13.0. The number of hydrogen-bond donors (Lipinski definition) is 3. The molecule has 0 aromatic rings. The first-order valence-corrected chi connectivity index (χ1v) is 13.2. The van der Waals surface area contributed by atoms with Crippen LogP contribution in [0.4, 0.5) is 0 Å². The summed E-state index contributed by atoms with van der Waals surface area (Å²) in [5, 5.41) is 30.7. The molecule has 0 radical (unpaired) electrons. The van der Waals surface area contributed by atoms with Gasteiger partial charge < -0.3 is 15.3 Å². The molecule has 32 heavy (non-hydrogen) atoms. The van der Waals surface area contributed by atoms with Crippen LogP contribution in [0.25, 0.3) is 0 Å². The van der Waals surface area contributed by atoms with E-state index in [9.17, 15) is 20.1 Å². The van der Waals surface area contributed by atoms with E-state index in [2.05, 4.69) is 20.8 Å². The Morgan fingerprint density at radius 2 is 1.75 bits per heavy atom. The first kappa shape index (κ1) is 24.3. The van der Waals surface area contributed by atoms with Crippen molar-refractivity contribution in [2.75, 3.05) is 0 Å². The molecule has 0 saturated heterocycles. The zero-order valence-corrected chi connectivity index (χ0v) is 20.9. The van der Waals surface area contributed by atoms with Crippen LogP contribution >= 0.6 is 0 Å². The van der Waals surface area contributed by atoms with Crippen LogP contribution in [-0.2, 0) is 4.79 Å². The highest BCUT2D eigenvalue weighted by molar-refractivity contribution is 5.79. The topological polar surface area (TPSA) is 77.8 Å². The third kappa shape index (κ3) is 3.87. The normalized spacial score (nSPS) is 45.2. The number of allylic oxidation sites excluding steroid dienone is 1. The Morgan fingerprint density at radius 3 is 2.41 bits per heavy atom. The van der Waals surface area contributed by atoms with Crippen molar-refractivity contribution in [3.8, 4) is 0 Å². The van der Waals surface area contributed by atoms with Crippen LogP contribution in [0.3, 0.4) is 0 Å². The maximum atomic E-state index is 12.2. The van der Waals surface area contributed by atoms with Gasteiger partial charge in [0.05, 0.1) is 18.0 Å². The first-order valence-electron chi connectivity index (χ1n) is 13.2. The molecular formula is C28H46O4. The fraction of sp³-hybridized carbons (Fsp3) is 0.893. The molecule has 4 rings (SSSR count). The zero-order valence-electron chi connectivity index (χ0n) is 20.9. The smallest absolute Gasteiger partial charge is 0.133 e. The van der Waals surface area contributed by atoms with E-state index in [-0.39, 0.29) is 10.8 Å². The number of fused-ring (bicyclic) bond motifs is 5. The summed E-state index contributed by atoms with van der Waals surface area (Å²) in [6.07, 6.45) is 10.5. The van der Waals surface area contributed by atoms with Gasteiger partial charge in [-0.25, -0.2) is 0 Å². The molecule has 4 saturated carbocycles. The van der Waals surface area contributed by atoms with Crippen molar-refractivity contribution in [2.24, 2.45) is 46.3 Å². The largest absolute Gasteiger partial charge is 0.516 e. The maximum Gasteiger partial charge on any atom is 0.133 e. The molecule has 3 N–H and O–H groups in total. The van der Waals surface area contributed by atoms with Crippen LogP contribution in [0.1, 0.15) is 98.8 Å². The molecule has 0 heterocycles. The van der Waals surface area contributed by atoms with Crippen molar-refractivity contribution >= 4 is 5.78 Å².